The van der Waals surface area contributed by atoms with Gasteiger partial charge in [0, 0.05) is 29.6 Å². The molecule has 0 atom stereocenters. The van der Waals surface area contributed by atoms with E-state index in [2.05, 4.69) is 19.1 Å². The van der Waals surface area contributed by atoms with Gasteiger partial charge >= 0.3 is 5.97 Å². The number of esters is 1. The van der Waals surface area contributed by atoms with Gasteiger partial charge in [0.15, 0.2) is 0 Å². The van der Waals surface area contributed by atoms with Crippen LogP contribution in [0.15, 0.2) is 53.3 Å². The third-order valence-electron chi connectivity index (χ3n) is 9.84. The average molecular weight is 557 g/mol. The number of aryl methyl sites for hydroxylation is 2. The van der Waals surface area contributed by atoms with Crippen LogP contribution in [0.3, 0.4) is 0 Å². The summed E-state index contributed by atoms with van der Waals surface area (Å²) in [6, 6.07) is 9.71. The van der Waals surface area contributed by atoms with Crippen LogP contribution >= 0.6 is 0 Å². The van der Waals surface area contributed by atoms with Crippen molar-refractivity contribution in [1.29, 1.82) is 0 Å². The van der Waals surface area contributed by atoms with Crippen molar-refractivity contribution in [2.75, 3.05) is 6.61 Å². The molecule has 3 aliphatic rings. The number of hydrogen-bond donors (Lipinski definition) is 1. The molecule has 1 N–H and O–H groups in total. The fourth-order valence-electron chi connectivity index (χ4n) is 7.11. The van der Waals surface area contributed by atoms with E-state index >= 15 is 0 Å². The zero-order chi connectivity index (χ0) is 28.4. The number of fused-ring (bicyclic) bond motifs is 1. The molecule has 41 heavy (non-hydrogen) atoms. The molecule has 0 radical (unpaired) electrons. The fourth-order valence-corrected chi connectivity index (χ4v) is 7.11. The zero-order valence-corrected chi connectivity index (χ0v) is 24.9. The second-order valence-electron chi connectivity index (χ2n) is 12.6. The Kier molecular flexibility index (Phi) is 10.7. The molecule has 5 rings (SSSR count). The number of para-hydroxylation sites is 1. The summed E-state index contributed by atoms with van der Waals surface area (Å²) in [6.07, 6.45) is 22.1. The maximum absolute atomic E-state index is 12.9. The number of carbonyl (C=O) groups excluding carboxylic acids is 1. The molecule has 2 saturated carbocycles. The number of pyridine rings is 1. The maximum atomic E-state index is 12.9. The van der Waals surface area contributed by atoms with Gasteiger partial charge in [-0.1, -0.05) is 63.3 Å². The number of aliphatic imine (C=N–C) groups is 1. The zero-order valence-electron chi connectivity index (χ0n) is 24.9. The molecule has 2 aromatic rings. The van der Waals surface area contributed by atoms with E-state index in [1.165, 1.54) is 48.9 Å². The Morgan fingerprint density at radius 2 is 1.73 bits per heavy atom. The van der Waals surface area contributed by atoms with Gasteiger partial charge in [0.25, 0.3) is 0 Å². The van der Waals surface area contributed by atoms with Crippen molar-refractivity contribution in [3.05, 3.63) is 70.7 Å². The van der Waals surface area contributed by atoms with Crippen LogP contribution < -0.4 is 0 Å². The number of aromatic hydroxyl groups is 1. The highest BCUT2D eigenvalue weighted by molar-refractivity contribution is 5.84. The maximum Gasteiger partial charge on any atom is 0.308 e. The lowest BCUT2D eigenvalue weighted by molar-refractivity contribution is -0.151. The molecule has 0 bridgehead atoms. The highest BCUT2D eigenvalue weighted by Crippen LogP contribution is 2.36. The van der Waals surface area contributed by atoms with E-state index < -0.39 is 0 Å². The fraction of sp³-hybridized carbons (Fsp3) is 0.583. The standard InChI is InChI=1S/C36H48N2O3/c1-2-26-16-18-27(19-17-26)25-41-36(40)31-12-5-10-30(11-6-13-31)35-33-24-38-32(21-20-28(33)22-23-37-35)14-7-9-29-8-3-4-15-34(29)39/h3-4,8,14-15,22-24,26-27,30-31,39H,2,5-7,9-13,16-21,25H2,1H3/b32-14-. The Balaban J connectivity index is 1.13. The van der Waals surface area contributed by atoms with Crippen molar-refractivity contribution in [2.45, 2.75) is 109 Å². The van der Waals surface area contributed by atoms with E-state index in [0.29, 0.717) is 24.2 Å². The van der Waals surface area contributed by atoms with E-state index in [1.807, 2.05) is 30.6 Å². The summed E-state index contributed by atoms with van der Waals surface area (Å²) in [5.41, 5.74) is 5.81. The van der Waals surface area contributed by atoms with Crippen LogP contribution in [0.4, 0.5) is 0 Å². The Morgan fingerprint density at radius 3 is 2.49 bits per heavy atom. The van der Waals surface area contributed by atoms with Crippen molar-refractivity contribution in [3.8, 4) is 5.75 Å². The first-order chi connectivity index (χ1) is 20.1. The minimum atomic E-state index is 0.0432. The van der Waals surface area contributed by atoms with Crippen molar-refractivity contribution in [1.82, 2.24) is 4.98 Å². The van der Waals surface area contributed by atoms with Crippen molar-refractivity contribution >= 4 is 12.2 Å². The van der Waals surface area contributed by atoms with Crippen LogP contribution in [-0.2, 0) is 22.4 Å². The predicted molar refractivity (Wildman–Crippen MR) is 165 cm³/mol. The van der Waals surface area contributed by atoms with Gasteiger partial charge in [0.2, 0.25) is 0 Å². The summed E-state index contributed by atoms with van der Waals surface area (Å²) < 4.78 is 5.87. The third-order valence-corrected chi connectivity index (χ3v) is 9.84. The number of ether oxygens (including phenoxy) is 1. The molecule has 0 saturated heterocycles. The molecule has 5 heteroatoms. The van der Waals surface area contributed by atoms with Crippen LogP contribution in [0.25, 0.3) is 0 Å². The molecular weight excluding hydrogens is 508 g/mol. The molecule has 2 heterocycles. The van der Waals surface area contributed by atoms with Crippen molar-refractivity contribution < 1.29 is 14.6 Å². The molecule has 220 valence electrons. The van der Waals surface area contributed by atoms with Crippen LogP contribution in [-0.4, -0.2) is 28.9 Å². The SMILES string of the molecule is CCC1CCC(COC(=O)C2CCCC(c3nccc4c3C=N/C(=C\CCc3ccccc3O)CC4)CCC2)CC1. The number of benzene rings is 1. The van der Waals surface area contributed by atoms with Crippen molar-refractivity contribution in [3.63, 3.8) is 0 Å². The minimum absolute atomic E-state index is 0.0432. The first-order valence-corrected chi connectivity index (χ1v) is 16.2. The topological polar surface area (TPSA) is 71.8 Å². The van der Waals surface area contributed by atoms with Gasteiger partial charge in [-0.2, -0.15) is 0 Å². The third kappa shape index (κ3) is 8.08. The number of hydrogen-bond acceptors (Lipinski definition) is 5. The molecule has 2 fully saturated rings. The summed E-state index contributed by atoms with van der Waals surface area (Å²) in [6.45, 7) is 2.91. The van der Waals surface area contributed by atoms with Gasteiger partial charge in [0.1, 0.15) is 5.75 Å². The van der Waals surface area contributed by atoms with Gasteiger partial charge in [-0.25, -0.2) is 0 Å². The lowest BCUT2D eigenvalue weighted by atomic mass is 9.81. The number of allylic oxidation sites excluding steroid dienone is 2. The minimum Gasteiger partial charge on any atom is -0.508 e. The molecule has 0 amide bonds. The molecule has 1 aromatic carbocycles. The predicted octanol–water partition coefficient (Wildman–Crippen LogP) is 8.48. The molecule has 0 spiro atoms. The molecule has 2 aliphatic carbocycles. The molecule has 1 aromatic heterocycles. The van der Waals surface area contributed by atoms with E-state index in [1.54, 1.807) is 6.07 Å². The molecular formula is C36H48N2O3. The van der Waals surface area contributed by atoms with Gasteiger partial charge in [-0.3, -0.25) is 14.8 Å². The van der Waals surface area contributed by atoms with Gasteiger partial charge in [-0.05, 0) is 99.3 Å². The summed E-state index contributed by atoms with van der Waals surface area (Å²) in [5.74, 6) is 2.31. The van der Waals surface area contributed by atoms with E-state index in [4.69, 9.17) is 14.7 Å². The first-order valence-electron chi connectivity index (χ1n) is 16.2. The van der Waals surface area contributed by atoms with Gasteiger partial charge in [0.05, 0.1) is 18.2 Å². The van der Waals surface area contributed by atoms with Crippen LogP contribution in [0.5, 0.6) is 5.75 Å². The highest BCUT2D eigenvalue weighted by Gasteiger charge is 2.28. The number of phenols is 1. The number of nitrogens with zero attached hydrogens (tertiary/aromatic N) is 2. The second-order valence-corrected chi connectivity index (χ2v) is 12.6. The van der Waals surface area contributed by atoms with E-state index in [9.17, 15) is 9.90 Å². The number of aromatic nitrogens is 1. The largest absolute Gasteiger partial charge is 0.508 e. The Labute approximate surface area is 246 Å². The normalized spacial score (nSPS) is 26.0. The molecule has 0 unspecified atom stereocenters. The summed E-state index contributed by atoms with van der Waals surface area (Å²) in [4.78, 5) is 22.7. The average Bonchev–Trinajstić information content (AvgIpc) is 3.20. The number of rotatable bonds is 8. The lowest BCUT2D eigenvalue weighted by Gasteiger charge is -2.28. The van der Waals surface area contributed by atoms with E-state index in [0.717, 1.165) is 81.4 Å². The van der Waals surface area contributed by atoms with Crippen LogP contribution in [0.1, 0.15) is 119 Å². The Bertz CT molecular complexity index is 1200. The van der Waals surface area contributed by atoms with Gasteiger partial charge < -0.3 is 9.84 Å². The number of carbonyl (C=O) groups is 1. The second kappa shape index (κ2) is 14.8. The Morgan fingerprint density at radius 1 is 0.976 bits per heavy atom. The summed E-state index contributed by atoms with van der Waals surface area (Å²) in [5, 5.41) is 10.1. The smallest absolute Gasteiger partial charge is 0.308 e. The van der Waals surface area contributed by atoms with Crippen LogP contribution in [0, 0.1) is 17.8 Å². The summed E-state index contributed by atoms with van der Waals surface area (Å²) >= 11 is 0. The van der Waals surface area contributed by atoms with Gasteiger partial charge in [-0.15, -0.1) is 0 Å². The molecule has 1 aliphatic heterocycles. The quantitative estimate of drug-likeness (QED) is 0.331. The number of phenolic OH excluding ortho intramolecular Hbond substituents is 1. The van der Waals surface area contributed by atoms with Crippen LogP contribution in [0.2, 0.25) is 0 Å². The Hall–Kier alpha value is -2.95. The highest BCUT2D eigenvalue weighted by atomic mass is 16.5. The monoisotopic (exact) mass is 556 g/mol. The van der Waals surface area contributed by atoms with Crippen molar-refractivity contribution in [2.24, 2.45) is 22.7 Å². The summed E-state index contributed by atoms with van der Waals surface area (Å²) in [7, 11) is 0. The lowest BCUT2D eigenvalue weighted by Crippen LogP contribution is -2.25. The first kappa shape index (κ1) is 29.5. The van der Waals surface area contributed by atoms with E-state index in [-0.39, 0.29) is 11.9 Å². The molecule has 5 nitrogen and oxygen atoms in total.